The molecular formula is C9H21NS. The number of thioether (sulfide) groups is 1. The molecule has 0 aliphatic heterocycles. The lowest BCUT2D eigenvalue weighted by Crippen LogP contribution is -2.20. The molecule has 0 saturated heterocycles. The van der Waals surface area contributed by atoms with Crippen LogP contribution in [0.3, 0.4) is 0 Å². The van der Waals surface area contributed by atoms with Crippen molar-refractivity contribution in [1.82, 2.24) is 5.32 Å². The van der Waals surface area contributed by atoms with Crippen LogP contribution in [-0.4, -0.2) is 25.1 Å². The normalized spacial score (nSPS) is 13.4. The summed E-state index contributed by atoms with van der Waals surface area (Å²) < 4.78 is 0. The summed E-state index contributed by atoms with van der Waals surface area (Å²) in [6.45, 7) is 6.77. The van der Waals surface area contributed by atoms with Gasteiger partial charge in [0.1, 0.15) is 0 Å². The predicted molar refractivity (Wildman–Crippen MR) is 55.3 cm³/mol. The minimum Gasteiger partial charge on any atom is -0.317 e. The van der Waals surface area contributed by atoms with Crippen LogP contribution < -0.4 is 5.32 Å². The third kappa shape index (κ3) is 8.21. The monoisotopic (exact) mass is 175 g/mol. The van der Waals surface area contributed by atoms with Crippen LogP contribution in [0.5, 0.6) is 0 Å². The van der Waals surface area contributed by atoms with Gasteiger partial charge in [0.05, 0.1) is 0 Å². The van der Waals surface area contributed by atoms with Gasteiger partial charge in [0.2, 0.25) is 0 Å². The van der Waals surface area contributed by atoms with E-state index in [2.05, 4.69) is 25.4 Å². The van der Waals surface area contributed by atoms with Crippen LogP contribution in [0.25, 0.3) is 0 Å². The van der Waals surface area contributed by atoms with Gasteiger partial charge in [-0.1, -0.05) is 13.8 Å². The molecule has 0 aromatic heterocycles. The van der Waals surface area contributed by atoms with E-state index in [1.54, 1.807) is 0 Å². The number of hydrogen-bond donors (Lipinski definition) is 1. The molecule has 0 amide bonds. The zero-order valence-electron chi connectivity index (χ0n) is 8.02. The van der Waals surface area contributed by atoms with Crippen molar-refractivity contribution in [3.63, 3.8) is 0 Å². The van der Waals surface area contributed by atoms with Crippen molar-refractivity contribution in [2.45, 2.75) is 26.7 Å². The highest BCUT2D eigenvalue weighted by Crippen LogP contribution is 2.07. The van der Waals surface area contributed by atoms with E-state index in [4.69, 9.17) is 0 Å². The summed E-state index contributed by atoms with van der Waals surface area (Å²) in [6, 6.07) is 0. The summed E-state index contributed by atoms with van der Waals surface area (Å²) >= 11 is 1.95. The summed E-state index contributed by atoms with van der Waals surface area (Å²) in [7, 11) is 0. The third-order valence-corrected chi connectivity index (χ3v) is 2.49. The van der Waals surface area contributed by atoms with Crippen LogP contribution in [0, 0.1) is 5.92 Å². The van der Waals surface area contributed by atoms with E-state index in [0.717, 1.165) is 12.5 Å². The van der Waals surface area contributed by atoms with E-state index >= 15 is 0 Å². The first kappa shape index (κ1) is 11.3. The molecule has 0 saturated carbocycles. The molecule has 0 heterocycles. The zero-order valence-corrected chi connectivity index (χ0v) is 8.84. The molecule has 0 aromatic carbocycles. The van der Waals surface area contributed by atoms with Gasteiger partial charge in [-0.3, -0.25) is 0 Å². The van der Waals surface area contributed by atoms with Crippen LogP contribution in [-0.2, 0) is 0 Å². The molecule has 1 atom stereocenters. The fourth-order valence-electron chi connectivity index (χ4n) is 1.07. The van der Waals surface area contributed by atoms with Gasteiger partial charge in [-0.25, -0.2) is 0 Å². The Balaban J connectivity index is 3.02. The maximum Gasteiger partial charge on any atom is -0.00233 e. The lowest BCUT2D eigenvalue weighted by Gasteiger charge is -2.10. The second kappa shape index (κ2) is 8.41. The van der Waals surface area contributed by atoms with Crippen molar-refractivity contribution in [3.8, 4) is 0 Å². The number of hydrogen-bond acceptors (Lipinski definition) is 2. The summed E-state index contributed by atoms with van der Waals surface area (Å²) in [5, 5.41) is 3.37. The molecule has 0 radical (unpaired) electrons. The minimum atomic E-state index is 0.849. The van der Waals surface area contributed by atoms with Crippen LogP contribution in [0.1, 0.15) is 26.7 Å². The van der Waals surface area contributed by atoms with Gasteiger partial charge in [-0.05, 0) is 43.9 Å². The Kier molecular flexibility index (Phi) is 8.64. The summed E-state index contributed by atoms with van der Waals surface area (Å²) in [6.07, 6.45) is 4.91. The van der Waals surface area contributed by atoms with E-state index in [1.165, 1.54) is 25.1 Å². The molecule has 0 aliphatic rings. The van der Waals surface area contributed by atoms with Crippen molar-refractivity contribution >= 4 is 11.8 Å². The third-order valence-electron chi connectivity index (χ3n) is 1.79. The van der Waals surface area contributed by atoms with E-state index in [0.29, 0.717) is 0 Å². The van der Waals surface area contributed by atoms with Gasteiger partial charge in [0.15, 0.2) is 0 Å². The van der Waals surface area contributed by atoms with Crippen molar-refractivity contribution in [3.05, 3.63) is 0 Å². The van der Waals surface area contributed by atoms with Crippen molar-refractivity contribution < 1.29 is 0 Å². The van der Waals surface area contributed by atoms with E-state index in [-0.39, 0.29) is 0 Å². The van der Waals surface area contributed by atoms with Crippen LogP contribution in [0.15, 0.2) is 0 Å². The number of rotatable bonds is 7. The fraction of sp³-hybridized carbons (Fsp3) is 1.00. The Morgan fingerprint density at radius 3 is 2.73 bits per heavy atom. The average molecular weight is 175 g/mol. The predicted octanol–water partition coefficient (Wildman–Crippen LogP) is 2.38. The fourth-order valence-corrected chi connectivity index (χ4v) is 1.52. The Morgan fingerprint density at radius 1 is 1.45 bits per heavy atom. The molecule has 1 N–H and O–H groups in total. The van der Waals surface area contributed by atoms with E-state index < -0.39 is 0 Å². The first-order valence-corrected chi connectivity index (χ1v) is 5.90. The summed E-state index contributed by atoms with van der Waals surface area (Å²) in [5.74, 6) is 2.17. The highest BCUT2D eigenvalue weighted by atomic mass is 32.2. The van der Waals surface area contributed by atoms with Gasteiger partial charge in [0, 0.05) is 0 Å². The Bertz CT molecular complexity index is 76.0. The lowest BCUT2D eigenvalue weighted by atomic mass is 10.1. The van der Waals surface area contributed by atoms with E-state index in [9.17, 15) is 0 Å². The molecule has 0 fully saturated rings. The van der Waals surface area contributed by atoms with Crippen LogP contribution in [0.4, 0.5) is 0 Å². The second-order valence-electron chi connectivity index (χ2n) is 3.05. The maximum absolute atomic E-state index is 3.37. The highest BCUT2D eigenvalue weighted by molar-refractivity contribution is 7.98. The smallest absolute Gasteiger partial charge is 0.00233 e. The molecule has 68 valence electrons. The molecule has 0 aliphatic carbocycles. The molecule has 1 unspecified atom stereocenters. The van der Waals surface area contributed by atoms with Gasteiger partial charge in [-0.2, -0.15) is 11.8 Å². The molecular weight excluding hydrogens is 154 g/mol. The highest BCUT2D eigenvalue weighted by Gasteiger charge is 1.99. The molecule has 0 spiro atoms. The van der Waals surface area contributed by atoms with Gasteiger partial charge >= 0.3 is 0 Å². The van der Waals surface area contributed by atoms with Crippen molar-refractivity contribution in [1.29, 1.82) is 0 Å². The van der Waals surface area contributed by atoms with Crippen LogP contribution >= 0.6 is 11.8 Å². The standard InChI is InChI=1S/C9H21NS/c1-4-10-8-9(2)6-5-7-11-3/h9-10H,4-8H2,1-3H3. The SMILES string of the molecule is CCNCC(C)CCCSC. The zero-order chi connectivity index (χ0) is 8.53. The van der Waals surface area contributed by atoms with E-state index in [1.807, 2.05) is 11.8 Å². The summed E-state index contributed by atoms with van der Waals surface area (Å²) in [5.41, 5.74) is 0. The van der Waals surface area contributed by atoms with Crippen LogP contribution in [0.2, 0.25) is 0 Å². The first-order valence-electron chi connectivity index (χ1n) is 4.50. The topological polar surface area (TPSA) is 12.0 Å². The van der Waals surface area contributed by atoms with Gasteiger partial charge in [0.25, 0.3) is 0 Å². The first-order chi connectivity index (χ1) is 5.31. The Hall–Kier alpha value is 0.310. The Labute approximate surface area is 75.3 Å². The van der Waals surface area contributed by atoms with Gasteiger partial charge in [-0.15, -0.1) is 0 Å². The van der Waals surface area contributed by atoms with Crippen molar-refractivity contribution in [2.75, 3.05) is 25.1 Å². The van der Waals surface area contributed by atoms with Crippen molar-refractivity contribution in [2.24, 2.45) is 5.92 Å². The average Bonchev–Trinajstić information content (AvgIpc) is 2.01. The maximum atomic E-state index is 3.37. The molecule has 11 heavy (non-hydrogen) atoms. The Morgan fingerprint density at radius 2 is 2.18 bits per heavy atom. The number of nitrogens with one attached hydrogen (secondary N) is 1. The molecule has 2 heteroatoms. The summed E-state index contributed by atoms with van der Waals surface area (Å²) in [4.78, 5) is 0. The minimum absolute atomic E-state index is 0.849. The quantitative estimate of drug-likeness (QED) is 0.596. The molecule has 0 bridgehead atoms. The largest absolute Gasteiger partial charge is 0.317 e. The second-order valence-corrected chi connectivity index (χ2v) is 4.03. The lowest BCUT2D eigenvalue weighted by molar-refractivity contribution is 0.485. The molecule has 0 aromatic rings. The molecule has 1 nitrogen and oxygen atoms in total. The van der Waals surface area contributed by atoms with Gasteiger partial charge < -0.3 is 5.32 Å². The molecule has 0 rings (SSSR count).